The van der Waals surface area contributed by atoms with Gasteiger partial charge < -0.3 is 14.2 Å². The van der Waals surface area contributed by atoms with Gasteiger partial charge in [0.05, 0.1) is 12.1 Å². The maximum atomic E-state index is 12.4. The monoisotopic (exact) mass is 397 g/mol. The van der Waals surface area contributed by atoms with Crippen LogP contribution < -0.4 is 9.64 Å². The van der Waals surface area contributed by atoms with Crippen LogP contribution in [0, 0.1) is 0 Å². The molecule has 1 fully saturated rings. The van der Waals surface area contributed by atoms with Gasteiger partial charge in [0.1, 0.15) is 5.75 Å². The van der Waals surface area contributed by atoms with Crippen LogP contribution in [0.25, 0.3) is 0 Å². The zero-order chi connectivity index (χ0) is 19.5. The summed E-state index contributed by atoms with van der Waals surface area (Å²) in [4.78, 5) is 18.7. The Balaban J connectivity index is 1.39. The minimum atomic E-state index is -0.0550. The molecule has 0 aliphatic carbocycles. The summed E-state index contributed by atoms with van der Waals surface area (Å²) in [7, 11) is 1.59. The molecule has 6 nitrogen and oxygen atoms in total. The van der Waals surface area contributed by atoms with Crippen molar-refractivity contribution in [3.63, 3.8) is 0 Å². The number of rotatable bonds is 6. The molecule has 0 radical (unpaired) electrons. The second kappa shape index (κ2) is 8.02. The van der Waals surface area contributed by atoms with Crippen molar-refractivity contribution in [3.8, 4) is 5.75 Å². The number of amides is 1. The number of halogens is 1. The molecule has 1 saturated heterocycles. The van der Waals surface area contributed by atoms with Gasteiger partial charge in [-0.05, 0) is 36.2 Å². The number of ether oxygens (including phenoxy) is 1. The van der Waals surface area contributed by atoms with Gasteiger partial charge in [0, 0.05) is 31.0 Å². The molecule has 7 heteroatoms. The second-order valence-electron chi connectivity index (χ2n) is 6.76. The molecule has 3 aromatic rings. The van der Waals surface area contributed by atoms with Crippen LogP contribution in [0.1, 0.15) is 29.6 Å². The molecule has 0 bridgehead atoms. The van der Waals surface area contributed by atoms with Crippen molar-refractivity contribution in [2.75, 3.05) is 18.6 Å². The smallest absolute Gasteiger partial charge is 0.227 e. The number of para-hydroxylation sites is 1. The standard InChI is InChI=1S/C21H20ClN3O3/c1-27-18-9-7-14(11-17(18)22)8-10-19-23-21(24-28-19)15-12-20(26)25(13-15)16-5-3-2-4-6-16/h2-7,9,11,15H,8,10,12-13H2,1H3. The summed E-state index contributed by atoms with van der Waals surface area (Å²) in [5.74, 6) is 1.83. The van der Waals surface area contributed by atoms with Crippen molar-refractivity contribution in [3.05, 3.63) is 70.8 Å². The van der Waals surface area contributed by atoms with Crippen LogP contribution in [-0.4, -0.2) is 29.7 Å². The van der Waals surface area contributed by atoms with Crippen molar-refractivity contribution in [2.45, 2.75) is 25.2 Å². The summed E-state index contributed by atoms with van der Waals surface area (Å²) < 4.78 is 10.6. The Morgan fingerprint density at radius 3 is 2.79 bits per heavy atom. The molecule has 1 atom stereocenters. The number of hydrogen-bond donors (Lipinski definition) is 0. The highest BCUT2D eigenvalue weighted by Gasteiger charge is 2.34. The molecule has 1 aromatic heterocycles. The number of carbonyl (C=O) groups excluding carboxylic acids is 1. The van der Waals surface area contributed by atoms with E-state index in [2.05, 4.69) is 10.1 Å². The molecule has 144 valence electrons. The molecular formula is C21H20ClN3O3. The molecule has 0 N–H and O–H groups in total. The molecular weight excluding hydrogens is 378 g/mol. The minimum Gasteiger partial charge on any atom is -0.495 e. The molecule has 4 rings (SSSR count). The van der Waals surface area contributed by atoms with Crippen LogP contribution in [0.5, 0.6) is 5.75 Å². The lowest BCUT2D eigenvalue weighted by Gasteiger charge is -2.15. The summed E-state index contributed by atoms with van der Waals surface area (Å²) >= 11 is 6.17. The van der Waals surface area contributed by atoms with Crippen LogP contribution in [0.2, 0.25) is 5.02 Å². The molecule has 0 saturated carbocycles. The van der Waals surface area contributed by atoms with Crippen LogP contribution in [0.4, 0.5) is 5.69 Å². The lowest BCUT2D eigenvalue weighted by Crippen LogP contribution is -2.24. The molecule has 1 unspecified atom stereocenters. The fraction of sp³-hybridized carbons (Fsp3) is 0.286. The molecule has 1 amide bonds. The van der Waals surface area contributed by atoms with Crippen molar-refractivity contribution in [1.29, 1.82) is 0 Å². The van der Waals surface area contributed by atoms with Crippen LogP contribution in [0.3, 0.4) is 0 Å². The molecule has 2 heterocycles. The third-order valence-corrected chi connectivity index (χ3v) is 5.18. The third kappa shape index (κ3) is 3.87. The van der Waals surface area contributed by atoms with E-state index in [4.69, 9.17) is 20.9 Å². The van der Waals surface area contributed by atoms with E-state index in [-0.39, 0.29) is 11.8 Å². The number of aryl methyl sites for hydroxylation is 2. The fourth-order valence-electron chi connectivity index (χ4n) is 3.39. The van der Waals surface area contributed by atoms with E-state index in [1.165, 1.54) is 0 Å². The average molecular weight is 398 g/mol. The normalized spacial score (nSPS) is 16.6. The summed E-state index contributed by atoms with van der Waals surface area (Å²) in [5.41, 5.74) is 1.96. The zero-order valence-electron chi connectivity index (χ0n) is 15.5. The first kappa shape index (κ1) is 18.5. The first-order valence-electron chi connectivity index (χ1n) is 9.14. The Morgan fingerprint density at radius 1 is 1.21 bits per heavy atom. The molecule has 1 aliphatic heterocycles. The molecule has 2 aromatic carbocycles. The third-order valence-electron chi connectivity index (χ3n) is 4.89. The summed E-state index contributed by atoms with van der Waals surface area (Å²) in [6, 6.07) is 15.3. The number of anilines is 1. The molecule has 28 heavy (non-hydrogen) atoms. The van der Waals surface area contributed by atoms with E-state index >= 15 is 0 Å². The van der Waals surface area contributed by atoms with E-state index in [0.29, 0.717) is 41.9 Å². The molecule has 1 aliphatic rings. The highest BCUT2D eigenvalue weighted by atomic mass is 35.5. The van der Waals surface area contributed by atoms with Gasteiger partial charge in [0.15, 0.2) is 5.82 Å². The zero-order valence-corrected chi connectivity index (χ0v) is 16.2. The number of aromatic nitrogens is 2. The van der Waals surface area contributed by atoms with Gasteiger partial charge in [-0.25, -0.2) is 0 Å². The Morgan fingerprint density at radius 2 is 2.04 bits per heavy atom. The van der Waals surface area contributed by atoms with E-state index in [9.17, 15) is 4.79 Å². The predicted molar refractivity (Wildman–Crippen MR) is 106 cm³/mol. The Labute approximate surface area is 168 Å². The van der Waals surface area contributed by atoms with Crippen molar-refractivity contribution < 1.29 is 14.1 Å². The van der Waals surface area contributed by atoms with Gasteiger partial charge in [0.25, 0.3) is 0 Å². The summed E-state index contributed by atoms with van der Waals surface area (Å²) in [5, 5.41) is 4.69. The number of nitrogens with zero attached hydrogens (tertiary/aromatic N) is 3. The summed E-state index contributed by atoms with van der Waals surface area (Å²) in [6.45, 7) is 0.565. The maximum absolute atomic E-state index is 12.4. The Kier molecular flexibility index (Phi) is 5.30. The van der Waals surface area contributed by atoms with Crippen LogP contribution in [0.15, 0.2) is 53.1 Å². The van der Waals surface area contributed by atoms with Crippen molar-refractivity contribution in [1.82, 2.24) is 10.1 Å². The van der Waals surface area contributed by atoms with Gasteiger partial charge in [0.2, 0.25) is 11.8 Å². The largest absolute Gasteiger partial charge is 0.495 e. The number of methoxy groups -OCH3 is 1. The number of hydrogen-bond acceptors (Lipinski definition) is 5. The first-order valence-corrected chi connectivity index (χ1v) is 9.52. The topological polar surface area (TPSA) is 68.5 Å². The van der Waals surface area contributed by atoms with Gasteiger partial charge >= 0.3 is 0 Å². The van der Waals surface area contributed by atoms with E-state index < -0.39 is 0 Å². The number of carbonyl (C=O) groups is 1. The lowest BCUT2D eigenvalue weighted by atomic mass is 10.1. The summed E-state index contributed by atoms with van der Waals surface area (Å²) in [6.07, 6.45) is 1.73. The van der Waals surface area contributed by atoms with E-state index in [1.807, 2.05) is 48.5 Å². The van der Waals surface area contributed by atoms with Crippen molar-refractivity contribution in [2.24, 2.45) is 0 Å². The highest BCUT2D eigenvalue weighted by molar-refractivity contribution is 6.32. The van der Waals surface area contributed by atoms with Gasteiger partial charge in [-0.1, -0.05) is 41.0 Å². The quantitative estimate of drug-likeness (QED) is 0.628. The minimum absolute atomic E-state index is 0.0550. The second-order valence-corrected chi connectivity index (χ2v) is 7.16. The van der Waals surface area contributed by atoms with Gasteiger partial charge in [-0.2, -0.15) is 4.98 Å². The lowest BCUT2D eigenvalue weighted by molar-refractivity contribution is -0.117. The Bertz CT molecular complexity index is 974. The van der Waals surface area contributed by atoms with E-state index in [0.717, 1.165) is 17.7 Å². The van der Waals surface area contributed by atoms with E-state index in [1.54, 1.807) is 12.0 Å². The fourth-order valence-corrected chi connectivity index (χ4v) is 3.67. The number of benzene rings is 2. The van der Waals surface area contributed by atoms with Gasteiger partial charge in [-0.15, -0.1) is 0 Å². The van der Waals surface area contributed by atoms with Crippen molar-refractivity contribution >= 4 is 23.2 Å². The van der Waals surface area contributed by atoms with Crippen LogP contribution >= 0.6 is 11.6 Å². The highest BCUT2D eigenvalue weighted by Crippen LogP contribution is 2.30. The Hall–Kier alpha value is -2.86. The average Bonchev–Trinajstić information content (AvgIpc) is 3.34. The predicted octanol–water partition coefficient (Wildman–Crippen LogP) is 4.04. The SMILES string of the molecule is COc1ccc(CCc2nc(C3CC(=O)N(c4ccccc4)C3)no2)cc1Cl. The maximum Gasteiger partial charge on any atom is 0.227 e. The first-order chi connectivity index (χ1) is 13.6. The van der Waals surface area contributed by atoms with Crippen LogP contribution in [-0.2, 0) is 17.6 Å². The van der Waals surface area contributed by atoms with Gasteiger partial charge in [-0.3, -0.25) is 4.79 Å². The molecule has 0 spiro atoms.